The van der Waals surface area contributed by atoms with Gasteiger partial charge in [-0.25, -0.2) is 4.39 Å². The van der Waals surface area contributed by atoms with Crippen LogP contribution in [-0.4, -0.2) is 23.3 Å². The van der Waals surface area contributed by atoms with Gasteiger partial charge in [0.2, 0.25) is 11.8 Å². The second-order valence-electron chi connectivity index (χ2n) is 6.32. The predicted molar refractivity (Wildman–Crippen MR) is 98.1 cm³/mol. The van der Waals surface area contributed by atoms with Crippen molar-refractivity contribution in [2.75, 3.05) is 6.54 Å². The first-order valence-electron chi connectivity index (χ1n) is 8.60. The van der Waals surface area contributed by atoms with E-state index in [-0.39, 0.29) is 23.4 Å². The fourth-order valence-corrected chi connectivity index (χ4v) is 3.49. The lowest BCUT2D eigenvalue weighted by Gasteiger charge is -2.36. The minimum absolute atomic E-state index is 0.0504. The Morgan fingerprint density at radius 1 is 1.31 bits per heavy atom. The molecule has 0 saturated carbocycles. The Labute approximate surface area is 157 Å². The highest BCUT2D eigenvalue weighted by atomic mass is 35.5. The van der Waals surface area contributed by atoms with Crippen molar-refractivity contribution in [1.29, 1.82) is 0 Å². The average Bonchev–Trinajstić information content (AvgIpc) is 2.61. The Bertz CT molecular complexity index is 840. The number of benzene rings is 2. The summed E-state index contributed by atoms with van der Waals surface area (Å²) in [7, 11) is 0. The van der Waals surface area contributed by atoms with Gasteiger partial charge in [0.05, 0.1) is 6.42 Å². The highest BCUT2D eigenvalue weighted by Gasteiger charge is 2.36. The van der Waals surface area contributed by atoms with Gasteiger partial charge < -0.3 is 10.2 Å². The smallest absolute Gasteiger partial charge is 0.247 e. The maximum absolute atomic E-state index is 13.2. The summed E-state index contributed by atoms with van der Waals surface area (Å²) >= 11 is 6.03. The molecule has 2 aromatic carbocycles. The Kier molecular flexibility index (Phi) is 5.57. The van der Waals surface area contributed by atoms with Gasteiger partial charge in [-0.15, -0.1) is 0 Å². The molecule has 4 nitrogen and oxygen atoms in total. The van der Waals surface area contributed by atoms with E-state index in [1.165, 1.54) is 12.1 Å². The Hall–Kier alpha value is -2.40. The van der Waals surface area contributed by atoms with Gasteiger partial charge >= 0.3 is 0 Å². The third kappa shape index (κ3) is 3.73. The summed E-state index contributed by atoms with van der Waals surface area (Å²) < 4.78 is 13.2. The van der Waals surface area contributed by atoms with Gasteiger partial charge in [0, 0.05) is 18.1 Å². The SMILES string of the molecule is CCCN1C(=O)Cc2ccccc2[C@H]1C(=O)NCc1ccc(F)cc1Cl. The maximum Gasteiger partial charge on any atom is 0.247 e. The van der Waals surface area contributed by atoms with Gasteiger partial charge in [-0.1, -0.05) is 48.9 Å². The van der Waals surface area contributed by atoms with E-state index in [2.05, 4.69) is 5.32 Å². The van der Waals surface area contributed by atoms with Crippen molar-refractivity contribution in [3.63, 3.8) is 0 Å². The molecule has 0 aromatic heterocycles. The first kappa shape index (κ1) is 18.4. The molecule has 0 bridgehead atoms. The van der Waals surface area contributed by atoms with Gasteiger partial charge in [0.25, 0.3) is 0 Å². The third-order valence-electron chi connectivity index (χ3n) is 4.50. The van der Waals surface area contributed by atoms with Gasteiger partial charge in [0.15, 0.2) is 0 Å². The minimum atomic E-state index is -0.661. The van der Waals surface area contributed by atoms with E-state index >= 15 is 0 Å². The van der Waals surface area contributed by atoms with Crippen molar-refractivity contribution in [3.05, 3.63) is 70.0 Å². The van der Waals surface area contributed by atoms with Gasteiger partial charge in [-0.2, -0.15) is 0 Å². The van der Waals surface area contributed by atoms with Crippen molar-refractivity contribution in [2.45, 2.75) is 32.4 Å². The van der Waals surface area contributed by atoms with E-state index in [0.29, 0.717) is 18.5 Å². The number of rotatable bonds is 5. The van der Waals surface area contributed by atoms with Gasteiger partial charge in [-0.3, -0.25) is 9.59 Å². The molecule has 0 fully saturated rings. The van der Waals surface area contributed by atoms with Crippen LogP contribution in [0, 0.1) is 5.82 Å². The summed E-state index contributed by atoms with van der Waals surface area (Å²) in [6.45, 7) is 2.66. The Morgan fingerprint density at radius 3 is 2.81 bits per heavy atom. The summed E-state index contributed by atoms with van der Waals surface area (Å²) in [5.41, 5.74) is 2.35. The average molecular weight is 375 g/mol. The molecule has 6 heteroatoms. The fourth-order valence-electron chi connectivity index (χ4n) is 3.26. The molecule has 1 aliphatic rings. The van der Waals surface area contributed by atoms with E-state index in [9.17, 15) is 14.0 Å². The molecule has 0 radical (unpaired) electrons. The highest BCUT2D eigenvalue weighted by Crippen LogP contribution is 2.31. The Morgan fingerprint density at radius 2 is 2.08 bits per heavy atom. The number of halogens is 2. The molecule has 26 heavy (non-hydrogen) atoms. The van der Waals surface area contributed by atoms with Crippen molar-refractivity contribution < 1.29 is 14.0 Å². The van der Waals surface area contributed by atoms with Crippen LogP contribution in [0.25, 0.3) is 0 Å². The molecule has 2 aromatic rings. The molecule has 1 aliphatic heterocycles. The third-order valence-corrected chi connectivity index (χ3v) is 4.86. The van der Waals surface area contributed by atoms with Crippen LogP contribution in [0.1, 0.15) is 36.1 Å². The number of nitrogens with one attached hydrogen (secondary N) is 1. The summed E-state index contributed by atoms with van der Waals surface area (Å²) in [5.74, 6) is -0.740. The molecule has 0 spiro atoms. The van der Waals surface area contributed by atoms with Crippen LogP contribution in [0.3, 0.4) is 0 Å². The summed E-state index contributed by atoms with van der Waals surface area (Å²) in [4.78, 5) is 27.1. The second kappa shape index (κ2) is 7.87. The predicted octanol–water partition coefficient (Wildman–Crippen LogP) is 3.63. The molecular weight excluding hydrogens is 355 g/mol. The highest BCUT2D eigenvalue weighted by molar-refractivity contribution is 6.31. The lowest BCUT2D eigenvalue weighted by atomic mass is 9.91. The zero-order valence-electron chi connectivity index (χ0n) is 14.5. The van der Waals surface area contributed by atoms with E-state index < -0.39 is 11.9 Å². The largest absolute Gasteiger partial charge is 0.350 e. The first-order chi connectivity index (χ1) is 12.5. The number of fused-ring (bicyclic) bond motifs is 1. The maximum atomic E-state index is 13.2. The first-order valence-corrected chi connectivity index (χ1v) is 8.98. The van der Waals surface area contributed by atoms with E-state index in [1.54, 1.807) is 11.0 Å². The molecule has 0 unspecified atom stereocenters. The monoisotopic (exact) mass is 374 g/mol. The van der Waals surface area contributed by atoms with Crippen molar-refractivity contribution >= 4 is 23.4 Å². The number of hydrogen-bond acceptors (Lipinski definition) is 2. The second-order valence-corrected chi connectivity index (χ2v) is 6.73. The lowest BCUT2D eigenvalue weighted by Crippen LogP contribution is -2.47. The van der Waals surface area contributed by atoms with E-state index in [1.807, 2.05) is 31.2 Å². The van der Waals surface area contributed by atoms with E-state index in [0.717, 1.165) is 17.5 Å². The van der Waals surface area contributed by atoms with Crippen LogP contribution in [0.5, 0.6) is 0 Å². The number of nitrogens with zero attached hydrogens (tertiary/aromatic N) is 1. The van der Waals surface area contributed by atoms with Crippen LogP contribution in [0.15, 0.2) is 42.5 Å². The van der Waals surface area contributed by atoms with Crippen molar-refractivity contribution in [3.8, 4) is 0 Å². The molecule has 3 rings (SSSR count). The molecule has 1 heterocycles. The molecule has 0 aliphatic carbocycles. The zero-order chi connectivity index (χ0) is 18.7. The van der Waals surface area contributed by atoms with Crippen molar-refractivity contribution in [1.82, 2.24) is 10.2 Å². The standard InChI is InChI=1S/C20H20ClFN2O2/c1-2-9-24-18(25)10-13-5-3-4-6-16(13)19(24)20(26)23-12-14-7-8-15(22)11-17(14)21/h3-8,11,19H,2,9-10,12H2,1H3,(H,23,26)/t19-/m0/s1. The number of carbonyl (C=O) groups excluding carboxylic acids is 2. The molecule has 136 valence electrons. The number of hydrogen-bond donors (Lipinski definition) is 1. The van der Waals surface area contributed by atoms with Gasteiger partial charge in [0.1, 0.15) is 11.9 Å². The lowest BCUT2D eigenvalue weighted by molar-refractivity contribution is -0.141. The zero-order valence-corrected chi connectivity index (χ0v) is 15.2. The van der Waals surface area contributed by atoms with Crippen LogP contribution >= 0.6 is 11.6 Å². The fraction of sp³-hybridized carbons (Fsp3) is 0.300. The Balaban J connectivity index is 1.84. The summed E-state index contributed by atoms with van der Waals surface area (Å²) in [6, 6.07) is 10.9. The normalized spacial score (nSPS) is 16.3. The molecule has 1 N–H and O–H groups in total. The molecular formula is C20H20ClFN2O2. The van der Waals surface area contributed by atoms with Crippen LogP contribution in [0.2, 0.25) is 5.02 Å². The van der Waals surface area contributed by atoms with Crippen LogP contribution < -0.4 is 5.32 Å². The van der Waals surface area contributed by atoms with Crippen LogP contribution in [-0.2, 0) is 22.6 Å². The quantitative estimate of drug-likeness (QED) is 0.868. The van der Waals surface area contributed by atoms with Gasteiger partial charge in [-0.05, 0) is 35.2 Å². The summed E-state index contributed by atoms with van der Waals surface area (Å²) in [5, 5.41) is 3.10. The number of amides is 2. The van der Waals surface area contributed by atoms with E-state index in [4.69, 9.17) is 11.6 Å². The number of carbonyl (C=O) groups is 2. The van der Waals surface area contributed by atoms with Crippen LogP contribution in [0.4, 0.5) is 4.39 Å². The summed E-state index contributed by atoms with van der Waals surface area (Å²) in [6.07, 6.45) is 1.07. The molecule has 2 amide bonds. The topological polar surface area (TPSA) is 49.4 Å². The molecule has 1 atom stereocenters. The van der Waals surface area contributed by atoms with Crippen molar-refractivity contribution in [2.24, 2.45) is 0 Å². The molecule has 0 saturated heterocycles. The minimum Gasteiger partial charge on any atom is -0.350 e.